The number of fused-ring (bicyclic) bond motifs is 1. The summed E-state index contributed by atoms with van der Waals surface area (Å²) in [5.74, 6) is -0.292. The molecule has 0 amide bonds. The minimum absolute atomic E-state index is 0.0364. The number of rotatable bonds is 3. The second kappa shape index (κ2) is 5.47. The number of anilines is 1. The molecule has 2 aromatic rings. The van der Waals surface area contributed by atoms with E-state index in [4.69, 9.17) is 19.9 Å². The highest BCUT2D eigenvalue weighted by Gasteiger charge is 2.15. The number of nitrogen functional groups attached to an aromatic ring is 1. The summed E-state index contributed by atoms with van der Waals surface area (Å²) < 4.78 is 42.5. The van der Waals surface area contributed by atoms with Crippen LogP contribution in [0.25, 0.3) is 0 Å². The van der Waals surface area contributed by atoms with Gasteiger partial charge >= 0.3 is 0 Å². The van der Waals surface area contributed by atoms with Crippen molar-refractivity contribution >= 4 is 5.69 Å². The lowest BCUT2D eigenvalue weighted by atomic mass is 10.1. The Bertz CT molecular complexity index is 676. The van der Waals surface area contributed by atoms with Gasteiger partial charge in [0.05, 0.1) is 0 Å². The van der Waals surface area contributed by atoms with Gasteiger partial charge in [-0.25, -0.2) is 8.78 Å². The van der Waals surface area contributed by atoms with Crippen LogP contribution in [0.1, 0.15) is 5.56 Å². The number of benzene rings is 2. The predicted molar refractivity (Wildman–Crippen MR) is 72.5 cm³/mol. The van der Waals surface area contributed by atoms with Crippen LogP contribution in [0, 0.1) is 11.6 Å². The summed E-state index contributed by atoms with van der Waals surface area (Å²) in [6.07, 6.45) is 0. The molecule has 0 aromatic heterocycles. The van der Waals surface area contributed by atoms with E-state index in [0.29, 0.717) is 36.0 Å². The van der Waals surface area contributed by atoms with Gasteiger partial charge in [0.25, 0.3) is 0 Å². The van der Waals surface area contributed by atoms with Crippen LogP contribution < -0.4 is 19.9 Å². The van der Waals surface area contributed by atoms with E-state index in [-0.39, 0.29) is 12.4 Å². The first kappa shape index (κ1) is 13.5. The number of hydrogen-bond acceptors (Lipinski definition) is 4. The lowest BCUT2D eigenvalue weighted by Crippen LogP contribution is -2.16. The van der Waals surface area contributed by atoms with Crippen LogP contribution in [0.4, 0.5) is 14.5 Å². The maximum absolute atomic E-state index is 13.5. The standard InChI is InChI=1S/C15H13F2NO3/c16-10-1-2-13(11(17)6-10)21-8-9-5-14-15(7-12(9)18)20-4-3-19-14/h1-2,5-7H,3-4,8,18H2. The molecule has 0 radical (unpaired) electrons. The summed E-state index contributed by atoms with van der Waals surface area (Å²) in [7, 11) is 0. The molecule has 0 saturated heterocycles. The van der Waals surface area contributed by atoms with Crippen LogP contribution in [-0.4, -0.2) is 13.2 Å². The van der Waals surface area contributed by atoms with Gasteiger partial charge in [0.2, 0.25) is 0 Å². The first-order valence-electron chi connectivity index (χ1n) is 6.39. The minimum Gasteiger partial charge on any atom is -0.486 e. The van der Waals surface area contributed by atoms with Gasteiger partial charge in [-0.3, -0.25) is 0 Å². The molecular formula is C15H13F2NO3. The predicted octanol–water partition coefficient (Wildman–Crippen LogP) is 2.90. The Labute approximate surface area is 120 Å². The van der Waals surface area contributed by atoms with E-state index in [1.807, 2.05) is 0 Å². The number of hydrogen-bond donors (Lipinski definition) is 1. The van der Waals surface area contributed by atoms with Crippen molar-refractivity contribution in [2.75, 3.05) is 18.9 Å². The Hall–Kier alpha value is -2.50. The third-order valence-corrected chi connectivity index (χ3v) is 3.08. The molecular weight excluding hydrogens is 280 g/mol. The average Bonchev–Trinajstić information content (AvgIpc) is 2.46. The van der Waals surface area contributed by atoms with Crippen molar-refractivity contribution in [1.29, 1.82) is 0 Å². The van der Waals surface area contributed by atoms with Crippen molar-refractivity contribution in [3.8, 4) is 17.2 Å². The first-order valence-corrected chi connectivity index (χ1v) is 6.39. The molecule has 0 spiro atoms. The first-order chi connectivity index (χ1) is 10.1. The molecule has 1 heterocycles. The van der Waals surface area contributed by atoms with Gasteiger partial charge < -0.3 is 19.9 Å². The Morgan fingerprint density at radius 3 is 2.48 bits per heavy atom. The van der Waals surface area contributed by atoms with E-state index < -0.39 is 11.6 Å². The molecule has 4 nitrogen and oxygen atoms in total. The fourth-order valence-corrected chi connectivity index (χ4v) is 2.02. The number of nitrogens with two attached hydrogens (primary N) is 1. The van der Waals surface area contributed by atoms with E-state index in [9.17, 15) is 8.78 Å². The molecule has 0 bridgehead atoms. The molecule has 0 atom stereocenters. The molecule has 2 aromatic carbocycles. The van der Waals surface area contributed by atoms with E-state index in [1.165, 1.54) is 6.07 Å². The number of ether oxygens (including phenoxy) is 3. The summed E-state index contributed by atoms with van der Waals surface area (Å²) in [5.41, 5.74) is 7.00. The minimum atomic E-state index is -0.758. The third-order valence-electron chi connectivity index (χ3n) is 3.08. The van der Waals surface area contributed by atoms with Crippen molar-refractivity contribution in [1.82, 2.24) is 0 Å². The molecule has 21 heavy (non-hydrogen) atoms. The van der Waals surface area contributed by atoms with Gasteiger partial charge in [0, 0.05) is 23.4 Å². The van der Waals surface area contributed by atoms with Crippen LogP contribution >= 0.6 is 0 Å². The summed E-state index contributed by atoms with van der Waals surface area (Å²) in [4.78, 5) is 0. The monoisotopic (exact) mass is 293 g/mol. The van der Waals surface area contributed by atoms with E-state index in [2.05, 4.69) is 0 Å². The van der Waals surface area contributed by atoms with Gasteiger partial charge in [-0.1, -0.05) is 0 Å². The van der Waals surface area contributed by atoms with E-state index in [1.54, 1.807) is 12.1 Å². The second-order valence-electron chi connectivity index (χ2n) is 4.56. The van der Waals surface area contributed by atoms with Gasteiger partial charge in [-0.05, 0) is 18.2 Å². The van der Waals surface area contributed by atoms with Crippen LogP contribution in [0.15, 0.2) is 30.3 Å². The topological polar surface area (TPSA) is 53.7 Å². The number of halogens is 2. The Kier molecular flexibility index (Phi) is 3.51. The van der Waals surface area contributed by atoms with Crippen LogP contribution in [-0.2, 0) is 6.61 Å². The maximum Gasteiger partial charge on any atom is 0.167 e. The molecule has 2 N–H and O–H groups in total. The van der Waals surface area contributed by atoms with Crippen molar-refractivity contribution in [3.05, 3.63) is 47.5 Å². The van der Waals surface area contributed by atoms with Gasteiger partial charge in [-0.2, -0.15) is 0 Å². The lowest BCUT2D eigenvalue weighted by molar-refractivity contribution is 0.171. The highest BCUT2D eigenvalue weighted by Crippen LogP contribution is 2.35. The van der Waals surface area contributed by atoms with Crippen molar-refractivity contribution < 1.29 is 23.0 Å². The molecule has 1 aliphatic heterocycles. The molecule has 0 aliphatic carbocycles. The van der Waals surface area contributed by atoms with Gasteiger partial charge in [0.1, 0.15) is 25.6 Å². The second-order valence-corrected chi connectivity index (χ2v) is 4.56. The van der Waals surface area contributed by atoms with Gasteiger partial charge in [0.15, 0.2) is 23.1 Å². The quantitative estimate of drug-likeness (QED) is 0.884. The highest BCUT2D eigenvalue weighted by molar-refractivity contribution is 5.58. The zero-order valence-electron chi connectivity index (χ0n) is 11.1. The summed E-state index contributed by atoms with van der Waals surface area (Å²) in [5, 5.41) is 0. The average molecular weight is 293 g/mol. The van der Waals surface area contributed by atoms with Crippen molar-refractivity contribution in [2.45, 2.75) is 6.61 Å². The SMILES string of the molecule is Nc1cc2c(cc1COc1ccc(F)cc1F)OCCO2. The molecule has 1 aliphatic rings. The normalized spacial score (nSPS) is 13.0. The van der Waals surface area contributed by atoms with E-state index in [0.717, 1.165) is 12.1 Å². The molecule has 110 valence electrons. The molecule has 0 unspecified atom stereocenters. The maximum atomic E-state index is 13.5. The summed E-state index contributed by atoms with van der Waals surface area (Å²) in [6.45, 7) is 0.984. The summed E-state index contributed by atoms with van der Waals surface area (Å²) >= 11 is 0. The Morgan fingerprint density at radius 1 is 1.05 bits per heavy atom. The van der Waals surface area contributed by atoms with E-state index >= 15 is 0 Å². The molecule has 6 heteroatoms. The molecule has 0 fully saturated rings. The fourth-order valence-electron chi connectivity index (χ4n) is 2.02. The molecule has 0 saturated carbocycles. The van der Waals surface area contributed by atoms with Gasteiger partial charge in [-0.15, -0.1) is 0 Å². The smallest absolute Gasteiger partial charge is 0.167 e. The Balaban J connectivity index is 1.78. The van der Waals surface area contributed by atoms with Crippen LogP contribution in [0.2, 0.25) is 0 Å². The Morgan fingerprint density at radius 2 is 1.76 bits per heavy atom. The van der Waals surface area contributed by atoms with Crippen molar-refractivity contribution in [3.63, 3.8) is 0 Å². The largest absolute Gasteiger partial charge is 0.486 e. The molecule has 3 rings (SSSR count). The van der Waals surface area contributed by atoms with Crippen LogP contribution in [0.3, 0.4) is 0 Å². The van der Waals surface area contributed by atoms with Crippen LogP contribution in [0.5, 0.6) is 17.2 Å². The fraction of sp³-hybridized carbons (Fsp3) is 0.200. The zero-order chi connectivity index (χ0) is 14.8. The third kappa shape index (κ3) is 2.84. The van der Waals surface area contributed by atoms with Crippen molar-refractivity contribution in [2.24, 2.45) is 0 Å². The lowest BCUT2D eigenvalue weighted by Gasteiger charge is -2.20. The highest BCUT2D eigenvalue weighted by atomic mass is 19.1. The summed E-state index contributed by atoms with van der Waals surface area (Å²) in [6, 6.07) is 6.48. The zero-order valence-corrected chi connectivity index (χ0v) is 11.1.